The van der Waals surface area contributed by atoms with Crippen LogP contribution in [0.5, 0.6) is 0 Å². The van der Waals surface area contributed by atoms with Gasteiger partial charge in [0.2, 0.25) is 5.91 Å². The third kappa shape index (κ3) is 3.75. The quantitative estimate of drug-likeness (QED) is 0.705. The molecular weight excluding hydrogens is 246 g/mol. The topological polar surface area (TPSA) is 49.3 Å². The molecule has 1 aromatic rings. The Morgan fingerprint density at radius 2 is 2.06 bits per heavy atom. The molecule has 1 saturated carbocycles. The number of hydrogen-bond donors (Lipinski definition) is 3. The molecule has 0 saturated heterocycles. The van der Waals surface area contributed by atoms with Crippen LogP contribution in [0.4, 0.5) is 0 Å². The molecule has 1 amide bonds. The van der Waals surface area contributed by atoms with Gasteiger partial charge in [-0.05, 0) is 30.7 Å². The molecule has 0 heterocycles. The zero-order chi connectivity index (χ0) is 13.0. The predicted octanol–water partition coefficient (Wildman–Crippen LogP) is 1.41. The van der Waals surface area contributed by atoms with Crippen LogP contribution in [0.3, 0.4) is 0 Å². The van der Waals surface area contributed by atoms with E-state index in [4.69, 9.17) is 5.11 Å². The van der Waals surface area contributed by atoms with E-state index in [2.05, 4.69) is 17.9 Å². The Morgan fingerprint density at radius 1 is 1.39 bits per heavy atom. The first-order chi connectivity index (χ1) is 8.65. The number of benzene rings is 1. The van der Waals surface area contributed by atoms with E-state index in [1.807, 2.05) is 30.3 Å². The van der Waals surface area contributed by atoms with Crippen LogP contribution in [0.15, 0.2) is 30.3 Å². The highest BCUT2D eigenvalue weighted by Gasteiger charge is 2.27. The number of carbonyl (C=O) groups excluding carboxylic acids is 1. The predicted molar refractivity (Wildman–Crippen MR) is 74.7 cm³/mol. The number of carbonyl (C=O) groups is 1. The lowest BCUT2D eigenvalue weighted by Crippen LogP contribution is -2.41. The SMILES string of the molecule is O=C(NCC1CC(O)C1)C(S)Cc1ccccc1. The van der Waals surface area contributed by atoms with Crippen LogP contribution < -0.4 is 5.32 Å². The van der Waals surface area contributed by atoms with Crippen molar-refractivity contribution in [3.05, 3.63) is 35.9 Å². The Bertz CT molecular complexity index is 390. The molecule has 0 spiro atoms. The van der Waals surface area contributed by atoms with Crippen LogP contribution in [-0.4, -0.2) is 28.9 Å². The molecule has 0 aliphatic heterocycles. The molecule has 2 N–H and O–H groups in total. The fourth-order valence-electron chi connectivity index (χ4n) is 2.16. The fourth-order valence-corrected chi connectivity index (χ4v) is 2.46. The maximum absolute atomic E-state index is 11.8. The van der Waals surface area contributed by atoms with Gasteiger partial charge in [0.15, 0.2) is 0 Å². The van der Waals surface area contributed by atoms with Gasteiger partial charge in [-0.1, -0.05) is 30.3 Å². The van der Waals surface area contributed by atoms with Crippen molar-refractivity contribution in [2.75, 3.05) is 6.54 Å². The van der Waals surface area contributed by atoms with Gasteiger partial charge in [-0.2, -0.15) is 12.6 Å². The maximum atomic E-state index is 11.8. The van der Waals surface area contributed by atoms with E-state index >= 15 is 0 Å². The van der Waals surface area contributed by atoms with E-state index in [1.54, 1.807) is 0 Å². The number of nitrogens with one attached hydrogen (secondary N) is 1. The van der Waals surface area contributed by atoms with E-state index in [-0.39, 0.29) is 17.3 Å². The minimum atomic E-state index is -0.308. The monoisotopic (exact) mass is 265 g/mol. The van der Waals surface area contributed by atoms with Crippen LogP contribution in [0.1, 0.15) is 18.4 Å². The standard InChI is InChI=1S/C14H19NO2S/c16-12-6-11(7-12)9-15-14(17)13(18)8-10-4-2-1-3-5-10/h1-5,11-13,16,18H,6-9H2,(H,15,17). The second-order valence-corrected chi connectivity index (χ2v) is 5.57. The van der Waals surface area contributed by atoms with Crippen molar-refractivity contribution in [3.8, 4) is 0 Å². The summed E-state index contributed by atoms with van der Waals surface area (Å²) < 4.78 is 0. The van der Waals surface area contributed by atoms with Crippen LogP contribution in [-0.2, 0) is 11.2 Å². The summed E-state index contributed by atoms with van der Waals surface area (Å²) in [7, 11) is 0. The van der Waals surface area contributed by atoms with Crippen LogP contribution in [0.2, 0.25) is 0 Å². The third-order valence-electron chi connectivity index (χ3n) is 3.35. The first-order valence-corrected chi connectivity index (χ1v) is 6.84. The molecule has 0 aromatic heterocycles. The van der Waals surface area contributed by atoms with Gasteiger partial charge in [0.05, 0.1) is 11.4 Å². The van der Waals surface area contributed by atoms with Crippen molar-refractivity contribution in [1.29, 1.82) is 0 Å². The molecule has 1 unspecified atom stereocenters. The highest BCUT2D eigenvalue weighted by atomic mass is 32.1. The summed E-state index contributed by atoms with van der Waals surface area (Å²) in [6.45, 7) is 0.655. The lowest BCUT2D eigenvalue weighted by molar-refractivity contribution is -0.121. The van der Waals surface area contributed by atoms with E-state index in [9.17, 15) is 4.79 Å². The van der Waals surface area contributed by atoms with Crippen molar-refractivity contribution in [3.63, 3.8) is 0 Å². The summed E-state index contributed by atoms with van der Waals surface area (Å²) in [6.07, 6.45) is 2.08. The molecule has 4 heteroatoms. The number of aliphatic hydroxyl groups excluding tert-OH is 1. The number of amides is 1. The number of rotatable bonds is 5. The largest absolute Gasteiger partial charge is 0.393 e. The number of thiol groups is 1. The smallest absolute Gasteiger partial charge is 0.233 e. The summed E-state index contributed by atoms with van der Waals surface area (Å²) in [5.41, 5.74) is 1.12. The van der Waals surface area contributed by atoms with Crippen LogP contribution in [0, 0.1) is 5.92 Å². The summed E-state index contributed by atoms with van der Waals surface area (Å²) >= 11 is 4.34. The summed E-state index contributed by atoms with van der Waals surface area (Å²) in [4.78, 5) is 11.8. The molecule has 0 radical (unpaired) electrons. The maximum Gasteiger partial charge on any atom is 0.233 e. The first-order valence-electron chi connectivity index (χ1n) is 6.33. The Kier molecular flexibility index (Phi) is 4.66. The lowest BCUT2D eigenvalue weighted by atomic mass is 9.82. The molecule has 1 atom stereocenters. The van der Waals surface area contributed by atoms with Crippen LogP contribution in [0.25, 0.3) is 0 Å². The van der Waals surface area contributed by atoms with Crippen LogP contribution >= 0.6 is 12.6 Å². The Morgan fingerprint density at radius 3 is 2.67 bits per heavy atom. The highest BCUT2D eigenvalue weighted by Crippen LogP contribution is 2.26. The minimum Gasteiger partial charge on any atom is -0.393 e. The van der Waals surface area contributed by atoms with E-state index < -0.39 is 0 Å². The van der Waals surface area contributed by atoms with Gasteiger partial charge in [0, 0.05) is 6.54 Å². The van der Waals surface area contributed by atoms with Crippen molar-refractivity contribution >= 4 is 18.5 Å². The zero-order valence-electron chi connectivity index (χ0n) is 10.2. The molecule has 2 rings (SSSR count). The first kappa shape index (κ1) is 13.4. The van der Waals surface area contributed by atoms with Gasteiger partial charge in [-0.15, -0.1) is 0 Å². The van der Waals surface area contributed by atoms with Gasteiger partial charge >= 0.3 is 0 Å². The van der Waals surface area contributed by atoms with Crippen molar-refractivity contribution in [2.24, 2.45) is 5.92 Å². The van der Waals surface area contributed by atoms with E-state index in [1.165, 1.54) is 0 Å². The van der Waals surface area contributed by atoms with Gasteiger partial charge in [-0.25, -0.2) is 0 Å². The average molecular weight is 265 g/mol. The van der Waals surface area contributed by atoms with Gasteiger partial charge in [0.1, 0.15) is 0 Å². The molecule has 1 aliphatic rings. The molecule has 3 nitrogen and oxygen atoms in total. The summed E-state index contributed by atoms with van der Waals surface area (Å²) in [5.74, 6) is 0.407. The molecule has 0 bridgehead atoms. The molecule has 1 aromatic carbocycles. The molecule has 98 valence electrons. The Balaban J connectivity index is 1.71. The number of hydrogen-bond acceptors (Lipinski definition) is 3. The molecule has 18 heavy (non-hydrogen) atoms. The van der Waals surface area contributed by atoms with E-state index in [0.717, 1.165) is 18.4 Å². The number of aliphatic hydroxyl groups is 1. The van der Waals surface area contributed by atoms with Crippen molar-refractivity contribution < 1.29 is 9.90 Å². The highest BCUT2D eigenvalue weighted by molar-refractivity contribution is 7.81. The van der Waals surface area contributed by atoms with Gasteiger partial charge in [0.25, 0.3) is 0 Å². The Labute approximate surface area is 113 Å². The Hall–Kier alpha value is -1.00. The van der Waals surface area contributed by atoms with Crippen molar-refractivity contribution in [2.45, 2.75) is 30.6 Å². The molecule has 1 fully saturated rings. The summed E-state index contributed by atoms with van der Waals surface area (Å²) in [5, 5.41) is 11.8. The fraction of sp³-hybridized carbons (Fsp3) is 0.500. The zero-order valence-corrected chi connectivity index (χ0v) is 11.1. The van der Waals surface area contributed by atoms with Gasteiger partial charge in [-0.3, -0.25) is 4.79 Å². The molecule has 1 aliphatic carbocycles. The normalized spacial score (nSPS) is 24.1. The summed E-state index contributed by atoms with van der Waals surface area (Å²) in [6, 6.07) is 9.88. The molecular formula is C14H19NO2S. The second-order valence-electron chi connectivity index (χ2n) is 4.94. The van der Waals surface area contributed by atoms with E-state index in [0.29, 0.717) is 18.9 Å². The lowest BCUT2D eigenvalue weighted by Gasteiger charge is -2.31. The van der Waals surface area contributed by atoms with Gasteiger partial charge < -0.3 is 10.4 Å². The average Bonchev–Trinajstić information content (AvgIpc) is 2.34. The second kappa shape index (κ2) is 6.25. The minimum absolute atomic E-state index is 0.0245. The van der Waals surface area contributed by atoms with Crippen molar-refractivity contribution in [1.82, 2.24) is 5.32 Å². The third-order valence-corrected chi connectivity index (χ3v) is 3.77.